The number of ether oxygens (including phenoxy) is 2. The number of aliphatic hydroxyl groups is 3. The molecule has 0 aliphatic heterocycles. The smallest absolute Gasteiger partial charge is 0.224 e. The Morgan fingerprint density at radius 2 is 2.06 bits per heavy atom. The molecule has 2 saturated carbocycles. The van der Waals surface area contributed by atoms with Crippen molar-refractivity contribution in [3.63, 3.8) is 0 Å². The Morgan fingerprint density at radius 3 is 2.76 bits per heavy atom. The van der Waals surface area contributed by atoms with E-state index in [1.165, 1.54) is 11.3 Å². The quantitative estimate of drug-likeness (QED) is 0.225. The van der Waals surface area contributed by atoms with E-state index in [4.69, 9.17) is 14.5 Å². The number of hydrogen-bond acceptors (Lipinski definition) is 11. The van der Waals surface area contributed by atoms with Crippen molar-refractivity contribution in [3.05, 3.63) is 23.9 Å². The van der Waals surface area contributed by atoms with Crippen molar-refractivity contribution >= 4 is 33.3 Å². The predicted molar refractivity (Wildman–Crippen MR) is 129 cm³/mol. The Labute approximate surface area is 201 Å². The lowest BCUT2D eigenvalue weighted by molar-refractivity contribution is -0.0851. The Kier molecular flexibility index (Phi) is 5.85. The lowest BCUT2D eigenvalue weighted by Gasteiger charge is -2.32. The second-order valence-electron chi connectivity index (χ2n) is 8.73. The highest BCUT2D eigenvalue weighted by molar-refractivity contribution is 7.21. The van der Waals surface area contributed by atoms with E-state index in [0.717, 1.165) is 10.2 Å². The number of benzene rings is 1. The number of methoxy groups -OCH3 is 1. The Morgan fingerprint density at radius 1 is 1.24 bits per heavy atom. The molecule has 5 rings (SSSR count). The fourth-order valence-corrected chi connectivity index (χ4v) is 5.84. The summed E-state index contributed by atoms with van der Waals surface area (Å²) in [6, 6.07) is 5.69. The van der Waals surface area contributed by atoms with Crippen LogP contribution in [0.15, 0.2) is 18.2 Å². The number of anilines is 2. The standard InChI is InChI=1S/C23H29N5O5S/c1-4-33-10-9-24-21-25-12(2)17(20-26-15-11-13(32-3)5-6-16(15)34-20)19(27-21)28-22(30)8-7-14-18(29)23(14,22)31/h5-6,11,14,18,29-31H,4,7-10H2,1-3H3,(H2,24,25,27,28). The second kappa shape index (κ2) is 8.58. The molecule has 11 heteroatoms. The molecule has 5 N–H and O–H groups in total. The lowest BCUT2D eigenvalue weighted by atomic mass is 10.0. The number of hydrogen-bond donors (Lipinski definition) is 5. The molecule has 2 aliphatic carbocycles. The van der Waals surface area contributed by atoms with Gasteiger partial charge in [-0.15, -0.1) is 11.3 Å². The average molecular weight is 488 g/mol. The van der Waals surface area contributed by atoms with E-state index in [2.05, 4.69) is 20.6 Å². The molecule has 0 bridgehead atoms. The van der Waals surface area contributed by atoms with Crippen LogP contribution >= 0.6 is 11.3 Å². The third-order valence-corrected chi connectivity index (χ3v) is 7.78. The van der Waals surface area contributed by atoms with Gasteiger partial charge in [0.05, 0.1) is 41.3 Å². The first-order chi connectivity index (χ1) is 16.3. The molecule has 182 valence electrons. The Bertz CT molecular complexity index is 1220. The lowest BCUT2D eigenvalue weighted by Crippen LogP contribution is -2.51. The molecular formula is C23H29N5O5S. The Balaban J connectivity index is 1.55. The van der Waals surface area contributed by atoms with E-state index < -0.39 is 17.4 Å². The molecule has 2 fully saturated rings. The van der Waals surface area contributed by atoms with Crippen LogP contribution < -0.4 is 15.4 Å². The van der Waals surface area contributed by atoms with Crippen LogP contribution in [0.2, 0.25) is 0 Å². The summed E-state index contributed by atoms with van der Waals surface area (Å²) in [6.45, 7) is 5.41. The van der Waals surface area contributed by atoms with Crippen LogP contribution in [0.3, 0.4) is 0 Å². The van der Waals surface area contributed by atoms with Crippen molar-refractivity contribution < 1.29 is 24.8 Å². The van der Waals surface area contributed by atoms with E-state index in [-0.39, 0.29) is 12.3 Å². The van der Waals surface area contributed by atoms with E-state index in [9.17, 15) is 15.3 Å². The maximum Gasteiger partial charge on any atom is 0.224 e. The molecule has 2 heterocycles. The molecule has 4 atom stereocenters. The first-order valence-electron chi connectivity index (χ1n) is 11.4. The molecule has 2 aliphatic rings. The minimum Gasteiger partial charge on any atom is -0.497 e. The van der Waals surface area contributed by atoms with Crippen LogP contribution in [-0.4, -0.2) is 74.6 Å². The maximum atomic E-state index is 11.3. The number of aryl methyl sites for hydroxylation is 1. The van der Waals surface area contributed by atoms with Gasteiger partial charge in [0.1, 0.15) is 22.2 Å². The van der Waals surface area contributed by atoms with Gasteiger partial charge in [0, 0.05) is 25.1 Å². The molecule has 0 saturated heterocycles. The topological polar surface area (TPSA) is 142 Å². The van der Waals surface area contributed by atoms with Gasteiger partial charge in [-0.2, -0.15) is 4.98 Å². The fraction of sp³-hybridized carbons (Fsp3) is 0.522. The van der Waals surface area contributed by atoms with Crippen molar-refractivity contribution in [1.29, 1.82) is 0 Å². The normalized spacial score (nSPS) is 27.6. The van der Waals surface area contributed by atoms with Crippen LogP contribution in [0.1, 0.15) is 25.5 Å². The first-order valence-corrected chi connectivity index (χ1v) is 12.2. The SMILES string of the molecule is CCOCCNc1nc(C)c(-c2nc3cc(OC)ccc3s2)c(NC2(O)CCC3C(O)C32O)n1. The fourth-order valence-electron chi connectivity index (χ4n) is 4.80. The molecule has 3 aromatic rings. The summed E-state index contributed by atoms with van der Waals surface area (Å²) < 4.78 is 11.7. The number of thiazole rings is 1. The summed E-state index contributed by atoms with van der Waals surface area (Å²) in [7, 11) is 1.61. The third kappa shape index (κ3) is 3.68. The zero-order valence-corrected chi connectivity index (χ0v) is 20.1. The third-order valence-electron chi connectivity index (χ3n) is 6.73. The second-order valence-corrected chi connectivity index (χ2v) is 9.76. The van der Waals surface area contributed by atoms with E-state index >= 15 is 0 Å². The summed E-state index contributed by atoms with van der Waals surface area (Å²) in [6.07, 6.45) is -0.164. The van der Waals surface area contributed by atoms with Gasteiger partial charge in [-0.3, -0.25) is 0 Å². The minimum atomic E-state index is -1.71. The van der Waals surface area contributed by atoms with Gasteiger partial charge >= 0.3 is 0 Å². The molecule has 2 aromatic heterocycles. The summed E-state index contributed by atoms with van der Waals surface area (Å²) in [5, 5.41) is 39.3. The van der Waals surface area contributed by atoms with Crippen LogP contribution in [0, 0.1) is 12.8 Å². The summed E-state index contributed by atoms with van der Waals surface area (Å²) in [4.78, 5) is 14.0. The van der Waals surface area contributed by atoms with Gasteiger partial charge in [-0.25, -0.2) is 9.97 Å². The van der Waals surface area contributed by atoms with Gasteiger partial charge in [0.25, 0.3) is 0 Å². The molecule has 0 spiro atoms. The zero-order valence-electron chi connectivity index (χ0n) is 19.3. The highest BCUT2D eigenvalue weighted by atomic mass is 32.1. The Hall–Kier alpha value is -2.57. The molecule has 0 amide bonds. The van der Waals surface area contributed by atoms with Crippen LogP contribution in [0.5, 0.6) is 5.75 Å². The van der Waals surface area contributed by atoms with Gasteiger partial charge in [0.2, 0.25) is 5.95 Å². The minimum absolute atomic E-state index is 0.290. The molecule has 0 radical (unpaired) electrons. The summed E-state index contributed by atoms with van der Waals surface area (Å²) in [5.74, 6) is 1.07. The van der Waals surface area contributed by atoms with E-state index in [0.29, 0.717) is 60.0 Å². The predicted octanol–water partition coefficient (Wildman–Crippen LogP) is 2.13. The van der Waals surface area contributed by atoms with Crippen LogP contribution in [0.4, 0.5) is 11.8 Å². The zero-order chi connectivity index (χ0) is 24.1. The molecule has 34 heavy (non-hydrogen) atoms. The first kappa shape index (κ1) is 23.2. The number of aromatic nitrogens is 3. The van der Waals surface area contributed by atoms with Crippen molar-refractivity contribution in [2.45, 2.75) is 44.1 Å². The van der Waals surface area contributed by atoms with Gasteiger partial charge < -0.3 is 35.4 Å². The summed E-state index contributed by atoms with van der Waals surface area (Å²) in [5.41, 5.74) is -1.25. The van der Waals surface area contributed by atoms with Crippen LogP contribution in [0.25, 0.3) is 20.8 Å². The van der Waals surface area contributed by atoms with E-state index in [1.54, 1.807) is 7.11 Å². The van der Waals surface area contributed by atoms with E-state index in [1.807, 2.05) is 32.0 Å². The van der Waals surface area contributed by atoms with Gasteiger partial charge in [0.15, 0.2) is 5.72 Å². The van der Waals surface area contributed by atoms with Gasteiger partial charge in [-0.05, 0) is 38.8 Å². The van der Waals surface area contributed by atoms with Crippen molar-refractivity contribution in [3.8, 4) is 16.3 Å². The molecule has 10 nitrogen and oxygen atoms in total. The maximum absolute atomic E-state index is 11.3. The largest absolute Gasteiger partial charge is 0.497 e. The number of fused-ring (bicyclic) bond motifs is 2. The average Bonchev–Trinajstić information content (AvgIpc) is 3.09. The number of nitrogens with one attached hydrogen (secondary N) is 2. The number of aliphatic hydroxyl groups excluding tert-OH is 1. The van der Waals surface area contributed by atoms with Crippen molar-refractivity contribution in [2.24, 2.45) is 5.92 Å². The number of nitrogens with zero attached hydrogens (tertiary/aromatic N) is 3. The molecule has 4 unspecified atom stereocenters. The van der Waals surface area contributed by atoms with Crippen LogP contribution in [-0.2, 0) is 4.74 Å². The van der Waals surface area contributed by atoms with Crippen molar-refractivity contribution in [1.82, 2.24) is 15.0 Å². The highest BCUT2D eigenvalue weighted by Gasteiger charge is 2.78. The molecular weight excluding hydrogens is 458 g/mol. The van der Waals surface area contributed by atoms with Gasteiger partial charge in [-0.1, -0.05) is 0 Å². The molecule has 1 aromatic carbocycles. The monoisotopic (exact) mass is 487 g/mol. The summed E-state index contributed by atoms with van der Waals surface area (Å²) >= 11 is 1.48. The highest BCUT2D eigenvalue weighted by Crippen LogP contribution is 2.61. The number of rotatable bonds is 9. The van der Waals surface area contributed by atoms with Crippen molar-refractivity contribution in [2.75, 3.05) is 37.5 Å².